The lowest BCUT2D eigenvalue weighted by atomic mass is 10.2. The molecule has 0 aromatic carbocycles. The molecular weight excluding hydrogens is 214 g/mol. The fourth-order valence-corrected chi connectivity index (χ4v) is 2.55. The van der Waals surface area contributed by atoms with Crippen LogP contribution < -0.4 is 5.32 Å². The number of thiophene rings is 1. The lowest BCUT2D eigenvalue weighted by molar-refractivity contribution is 1.02. The molecule has 14 heavy (non-hydrogen) atoms. The summed E-state index contributed by atoms with van der Waals surface area (Å²) in [6, 6.07) is 0. The molecule has 3 nitrogen and oxygen atoms in total. The predicted octanol–water partition coefficient (Wildman–Crippen LogP) is 2.83. The largest absolute Gasteiger partial charge is 0.356 e. The molecule has 0 radical (unpaired) electrons. The Morgan fingerprint density at radius 3 is 2.71 bits per heavy atom. The van der Waals surface area contributed by atoms with Gasteiger partial charge in [-0.2, -0.15) is 11.3 Å². The molecule has 0 saturated heterocycles. The topological polar surface area (TPSA) is 37.8 Å². The fraction of sp³-hybridized carbons (Fsp3) is 0.333. The molecular formula is C9H11N3S2. The van der Waals surface area contributed by atoms with Crippen molar-refractivity contribution in [1.82, 2.24) is 10.2 Å². The summed E-state index contributed by atoms with van der Waals surface area (Å²) in [5, 5.41) is 17.4. The van der Waals surface area contributed by atoms with Gasteiger partial charge in [0.15, 0.2) is 0 Å². The van der Waals surface area contributed by atoms with Crippen LogP contribution in [0.25, 0.3) is 0 Å². The molecule has 0 aliphatic carbocycles. The summed E-state index contributed by atoms with van der Waals surface area (Å²) in [4.78, 5) is 0. The Kier molecular flexibility index (Phi) is 2.79. The maximum atomic E-state index is 4.01. The third-order valence-electron chi connectivity index (χ3n) is 1.92. The van der Waals surface area contributed by atoms with E-state index in [2.05, 4.69) is 33.2 Å². The van der Waals surface area contributed by atoms with Crippen LogP contribution in [-0.4, -0.2) is 10.2 Å². The van der Waals surface area contributed by atoms with Gasteiger partial charge in [0.1, 0.15) is 5.01 Å². The third-order valence-corrected chi connectivity index (χ3v) is 3.62. The second-order valence-corrected chi connectivity index (χ2v) is 4.99. The minimum Gasteiger partial charge on any atom is -0.356 e. The first kappa shape index (κ1) is 9.61. The molecule has 0 atom stereocenters. The molecule has 0 fully saturated rings. The van der Waals surface area contributed by atoms with Crippen molar-refractivity contribution in [3.8, 4) is 0 Å². The smallest absolute Gasteiger partial charge is 0.205 e. The van der Waals surface area contributed by atoms with Crippen molar-refractivity contribution in [2.24, 2.45) is 0 Å². The van der Waals surface area contributed by atoms with Gasteiger partial charge < -0.3 is 5.32 Å². The number of anilines is 1. The standard InChI is InChI=1S/C9H11N3S2/c1-6-4-13-5-8(6)3-10-9-12-11-7(2)14-9/h4-5H,3H2,1-2H3,(H,10,12). The predicted molar refractivity (Wildman–Crippen MR) is 61.0 cm³/mol. The normalized spacial score (nSPS) is 10.4. The van der Waals surface area contributed by atoms with E-state index < -0.39 is 0 Å². The van der Waals surface area contributed by atoms with Crippen molar-refractivity contribution < 1.29 is 0 Å². The lowest BCUT2D eigenvalue weighted by Gasteiger charge is -2.00. The number of hydrogen-bond donors (Lipinski definition) is 1. The van der Waals surface area contributed by atoms with E-state index in [9.17, 15) is 0 Å². The molecule has 5 heteroatoms. The molecule has 2 aromatic rings. The summed E-state index contributed by atoms with van der Waals surface area (Å²) in [7, 11) is 0. The molecule has 0 spiro atoms. The zero-order valence-electron chi connectivity index (χ0n) is 8.07. The first-order chi connectivity index (χ1) is 6.75. The summed E-state index contributed by atoms with van der Waals surface area (Å²) in [6.45, 7) is 4.92. The van der Waals surface area contributed by atoms with Gasteiger partial charge in [-0.25, -0.2) is 0 Å². The van der Waals surface area contributed by atoms with E-state index in [0.717, 1.165) is 16.7 Å². The minimum absolute atomic E-state index is 0.837. The summed E-state index contributed by atoms with van der Waals surface area (Å²) >= 11 is 3.32. The minimum atomic E-state index is 0.837. The quantitative estimate of drug-likeness (QED) is 0.873. The van der Waals surface area contributed by atoms with Crippen LogP contribution in [0.1, 0.15) is 16.1 Å². The van der Waals surface area contributed by atoms with Gasteiger partial charge in [-0.15, -0.1) is 10.2 Å². The molecule has 0 saturated carbocycles. The maximum Gasteiger partial charge on any atom is 0.205 e. The number of hydrogen-bond acceptors (Lipinski definition) is 5. The van der Waals surface area contributed by atoms with Crippen molar-refractivity contribution in [2.75, 3.05) is 5.32 Å². The number of aromatic nitrogens is 2. The number of nitrogens with zero attached hydrogens (tertiary/aromatic N) is 2. The molecule has 2 heterocycles. The highest BCUT2D eigenvalue weighted by molar-refractivity contribution is 7.15. The van der Waals surface area contributed by atoms with E-state index in [1.807, 2.05) is 6.92 Å². The van der Waals surface area contributed by atoms with Crippen LogP contribution in [0.4, 0.5) is 5.13 Å². The highest BCUT2D eigenvalue weighted by Crippen LogP contribution is 2.18. The van der Waals surface area contributed by atoms with Crippen LogP contribution in [0.15, 0.2) is 10.8 Å². The Hall–Kier alpha value is -0.940. The Labute approximate surface area is 90.8 Å². The average Bonchev–Trinajstić information content (AvgIpc) is 2.72. The van der Waals surface area contributed by atoms with Gasteiger partial charge in [0, 0.05) is 6.54 Å². The van der Waals surface area contributed by atoms with E-state index in [-0.39, 0.29) is 0 Å². The summed E-state index contributed by atoms with van der Waals surface area (Å²) in [5.41, 5.74) is 2.67. The Balaban J connectivity index is 1.98. The van der Waals surface area contributed by atoms with Gasteiger partial charge in [-0.05, 0) is 35.7 Å². The van der Waals surface area contributed by atoms with Gasteiger partial charge in [0.05, 0.1) is 0 Å². The average molecular weight is 225 g/mol. The van der Waals surface area contributed by atoms with Crippen LogP contribution >= 0.6 is 22.7 Å². The van der Waals surface area contributed by atoms with Gasteiger partial charge in [-0.1, -0.05) is 11.3 Å². The van der Waals surface area contributed by atoms with E-state index in [1.54, 1.807) is 22.7 Å². The second-order valence-electron chi connectivity index (χ2n) is 3.06. The first-order valence-corrected chi connectivity index (χ1v) is 6.07. The van der Waals surface area contributed by atoms with Crippen molar-refractivity contribution in [3.63, 3.8) is 0 Å². The fourth-order valence-electron chi connectivity index (χ4n) is 1.11. The van der Waals surface area contributed by atoms with Gasteiger partial charge in [0.25, 0.3) is 0 Å². The summed E-state index contributed by atoms with van der Waals surface area (Å²) in [5.74, 6) is 0. The molecule has 2 aromatic heterocycles. The lowest BCUT2D eigenvalue weighted by Crippen LogP contribution is -1.98. The second kappa shape index (κ2) is 4.06. The van der Waals surface area contributed by atoms with Crippen LogP contribution in [0.3, 0.4) is 0 Å². The number of nitrogens with one attached hydrogen (secondary N) is 1. The number of rotatable bonds is 3. The van der Waals surface area contributed by atoms with Crippen molar-refractivity contribution in [3.05, 3.63) is 26.9 Å². The van der Waals surface area contributed by atoms with Crippen molar-refractivity contribution in [2.45, 2.75) is 20.4 Å². The molecule has 0 aliphatic heterocycles. The monoisotopic (exact) mass is 225 g/mol. The molecule has 2 rings (SSSR count). The Morgan fingerprint density at radius 2 is 2.14 bits per heavy atom. The molecule has 1 N–H and O–H groups in total. The van der Waals surface area contributed by atoms with Gasteiger partial charge >= 0.3 is 0 Å². The van der Waals surface area contributed by atoms with E-state index in [0.29, 0.717) is 0 Å². The van der Waals surface area contributed by atoms with Crippen LogP contribution in [0, 0.1) is 13.8 Å². The summed E-state index contributed by atoms with van der Waals surface area (Å²) < 4.78 is 0. The molecule has 0 aliphatic rings. The van der Waals surface area contributed by atoms with Crippen LogP contribution in [0.2, 0.25) is 0 Å². The van der Waals surface area contributed by atoms with Crippen molar-refractivity contribution >= 4 is 27.8 Å². The van der Waals surface area contributed by atoms with Gasteiger partial charge in [0.2, 0.25) is 5.13 Å². The highest BCUT2D eigenvalue weighted by atomic mass is 32.1. The summed E-state index contributed by atoms with van der Waals surface area (Å²) in [6.07, 6.45) is 0. The molecule has 0 unspecified atom stereocenters. The Bertz CT molecular complexity index is 419. The van der Waals surface area contributed by atoms with E-state index in [4.69, 9.17) is 0 Å². The van der Waals surface area contributed by atoms with E-state index >= 15 is 0 Å². The van der Waals surface area contributed by atoms with Crippen molar-refractivity contribution in [1.29, 1.82) is 0 Å². The van der Waals surface area contributed by atoms with Crippen LogP contribution in [-0.2, 0) is 6.54 Å². The molecule has 0 amide bonds. The van der Waals surface area contributed by atoms with Crippen LogP contribution in [0.5, 0.6) is 0 Å². The maximum absolute atomic E-state index is 4.01. The highest BCUT2D eigenvalue weighted by Gasteiger charge is 2.01. The SMILES string of the molecule is Cc1nnc(NCc2cscc2C)s1. The zero-order chi connectivity index (χ0) is 9.97. The molecule has 74 valence electrons. The van der Waals surface area contributed by atoms with Gasteiger partial charge in [-0.3, -0.25) is 0 Å². The third kappa shape index (κ3) is 2.10. The Morgan fingerprint density at radius 1 is 1.29 bits per heavy atom. The first-order valence-electron chi connectivity index (χ1n) is 4.31. The molecule has 0 bridgehead atoms. The zero-order valence-corrected chi connectivity index (χ0v) is 9.71. The number of aryl methyl sites for hydroxylation is 2. The van der Waals surface area contributed by atoms with E-state index in [1.165, 1.54) is 11.1 Å².